The number of aliphatic hydroxyl groups is 1. The molecule has 1 aromatic carbocycles. The fourth-order valence-corrected chi connectivity index (χ4v) is 2.91. The molecule has 0 heterocycles. The molecule has 1 rings (SSSR count). The molecule has 0 spiro atoms. The van der Waals surface area contributed by atoms with E-state index in [0.29, 0.717) is 25.3 Å². The molecule has 1 amide bonds. The molecule has 3 atom stereocenters. The monoisotopic (exact) mass is 389 g/mol. The van der Waals surface area contributed by atoms with Crippen LogP contribution in [-0.2, 0) is 11.2 Å². The molecule has 0 aromatic heterocycles. The topological polar surface area (TPSA) is 94.4 Å². The van der Waals surface area contributed by atoms with Crippen molar-refractivity contribution in [3.63, 3.8) is 0 Å². The molecule has 0 radical (unpaired) electrons. The summed E-state index contributed by atoms with van der Waals surface area (Å²) in [6.45, 7) is 8.62. The van der Waals surface area contributed by atoms with E-state index in [4.69, 9.17) is 10.00 Å². The first kappa shape index (κ1) is 23.9. The number of ether oxygens (including phenoxy) is 1. The third-order valence-electron chi connectivity index (χ3n) is 4.49. The van der Waals surface area contributed by atoms with Crippen molar-refractivity contribution in [1.29, 1.82) is 5.26 Å². The van der Waals surface area contributed by atoms with Crippen LogP contribution in [-0.4, -0.2) is 42.0 Å². The van der Waals surface area contributed by atoms with E-state index in [9.17, 15) is 9.90 Å². The van der Waals surface area contributed by atoms with Crippen LogP contribution in [0, 0.1) is 17.2 Å². The lowest BCUT2D eigenvalue weighted by molar-refractivity contribution is 0.0421. The Morgan fingerprint density at radius 3 is 2.50 bits per heavy atom. The molecule has 0 saturated heterocycles. The highest BCUT2D eigenvalue weighted by Gasteiger charge is 2.25. The molecule has 0 bridgehead atoms. The number of alkyl carbamates (subject to hydrolysis) is 1. The predicted molar refractivity (Wildman–Crippen MR) is 111 cm³/mol. The average Bonchev–Trinajstić information content (AvgIpc) is 2.63. The Labute approximate surface area is 169 Å². The van der Waals surface area contributed by atoms with Gasteiger partial charge in [-0.15, -0.1) is 0 Å². The molecule has 6 nitrogen and oxygen atoms in total. The van der Waals surface area contributed by atoms with E-state index in [0.717, 1.165) is 24.9 Å². The minimum absolute atomic E-state index is 0.357. The van der Waals surface area contributed by atoms with Gasteiger partial charge in [-0.2, -0.15) is 5.26 Å². The van der Waals surface area contributed by atoms with Crippen molar-refractivity contribution >= 4 is 6.09 Å². The second-order valence-electron chi connectivity index (χ2n) is 8.14. The summed E-state index contributed by atoms with van der Waals surface area (Å²) < 4.78 is 5.35. The molecule has 1 aromatic rings. The second kappa shape index (κ2) is 12.4. The number of nitrogens with zero attached hydrogens (tertiary/aromatic N) is 1. The van der Waals surface area contributed by atoms with Crippen LogP contribution in [0.15, 0.2) is 30.3 Å². The number of hydrogen-bond acceptors (Lipinski definition) is 5. The lowest BCUT2D eigenvalue weighted by Crippen LogP contribution is -2.50. The van der Waals surface area contributed by atoms with Crippen LogP contribution in [0.5, 0.6) is 0 Å². The second-order valence-corrected chi connectivity index (χ2v) is 8.14. The van der Waals surface area contributed by atoms with Gasteiger partial charge < -0.3 is 20.5 Å². The Morgan fingerprint density at radius 2 is 1.93 bits per heavy atom. The number of nitrogens with one attached hydrogen (secondary N) is 2. The van der Waals surface area contributed by atoms with Gasteiger partial charge in [0.15, 0.2) is 0 Å². The highest BCUT2D eigenvalue weighted by molar-refractivity contribution is 5.68. The minimum atomic E-state index is -0.763. The van der Waals surface area contributed by atoms with E-state index in [1.807, 2.05) is 51.1 Å². The third-order valence-corrected chi connectivity index (χ3v) is 4.49. The van der Waals surface area contributed by atoms with Crippen molar-refractivity contribution in [3.05, 3.63) is 35.9 Å². The first-order valence-electron chi connectivity index (χ1n) is 10.0. The fraction of sp³-hybridized carbons (Fsp3) is 0.636. The molecule has 0 aliphatic heterocycles. The fourth-order valence-electron chi connectivity index (χ4n) is 2.91. The van der Waals surface area contributed by atoms with E-state index >= 15 is 0 Å². The molecule has 0 saturated carbocycles. The molecule has 6 heteroatoms. The Morgan fingerprint density at radius 1 is 1.25 bits per heavy atom. The number of carbonyl (C=O) groups is 1. The third kappa shape index (κ3) is 10.3. The van der Waals surface area contributed by atoms with Gasteiger partial charge in [-0.1, -0.05) is 43.7 Å². The lowest BCUT2D eigenvalue weighted by atomic mass is 9.99. The van der Waals surface area contributed by atoms with Gasteiger partial charge in [0.1, 0.15) is 5.60 Å². The van der Waals surface area contributed by atoms with Crippen molar-refractivity contribution in [2.45, 2.75) is 71.1 Å². The summed E-state index contributed by atoms with van der Waals surface area (Å²) in [4.78, 5) is 12.2. The molecule has 156 valence electrons. The number of amides is 1. The number of aliphatic hydroxyl groups excluding tert-OH is 1. The van der Waals surface area contributed by atoms with E-state index < -0.39 is 23.8 Å². The maximum Gasteiger partial charge on any atom is 0.407 e. The van der Waals surface area contributed by atoms with Crippen LogP contribution in [0.2, 0.25) is 0 Å². The number of nitriles is 1. The number of carbonyl (C=O) groups excluding carboxylic acids is 1. The summed E-state index contributed by atoms with van der Waals surface area (Å²) in [7, 11) is 0. The Hall–Kier alpha value is -2.10. The van der Waals surface area contributed by atoms with Crippen LogP contribution in [0.25, 0.3) is 0 Å². The van der Waals surface area contributed by atoms with E-state index in [2.05, 4.69) is 23.6 Å². The number of benzene rings is 1. The van der Waals surface area contributed by atoms with Gasteiger partial charge in [0.25, 0.3) is 0 Å². The van der Waals surface area contributed by atoms with E-state index in [-0.39, 0.29) is 0 Å². The van der Waals surface area contributed by atoms with Crippen LogP contribution in [0.4, 0.5) is 4.79 Å². The maximum atomic E-state index is 12.2. The smallest absolute Gasteiger partial charge is 0.407 e. The highest BCUT2D eigenvalue weighted by atomic mass is 16.6. The molecule has 3 unspecified atom stereocenters. The average molecular weight is 390 g/mol. The van der Waals surface area contributed by atoms with E-state index in [1.165, 1.54) is 0 Å². The Bertz CT molecular complexity index is 608. The molecule has 3 N–H and O–H groups in total. The standard InChI is InChI=1S/C22H35N3O3/c1-5-17(12-9-13-23)15-24-16-20(26)19(14-18-10-7-6-8-11-18)25-21(27)28-22(2,3)4/h6-8,10-11,17,19-20,24,26H,5,9,12,14-16H2,1-4H3,(H,25,27). The largest absolute Gasteiger partial charge is 0.444 e. The van der Waals surface area contributed by atoms with Gasteiger partial charge >= 0.3 is 6.09 Å². The van der Waals surface area contributed by atoms with Gasteiger partial charge in [0.2, 0.25) is 0 Å². The van der Waals surface area contributed by atoms with Crippen molar-refractivity contribution in [1.82, 2.24) is 10.6 Å². The van der Waals surface area contributed by atoms with Crippen molar-refractivity contribution in [2.75, 3.05) is 13.1 Å². The number of hydrogen-bond donors (Lipinski definition) is 3. The quantitative estimate of drug-likeness (QED) is 0.539. The van der Waals surface area contributed by atoms with Crippen LogP contribution in [0.3, 0.4) is 0 Å². The molecule has 28 heavy (non-hydrogen) atoms. The molecule has 0 fully saturated rings. The maximum absolute atomic E-state index is 12.2. The van der Waals surface area contributed by atoms with Crippen LogP contribution >= 0.6 is 0 Å². The number of rotatable bonds is 11. The summed E-state index contributed by atoms with van der Waals surface area (Å²) in [5, 5.41) is 25.5. The van der Waals surface area contributed by atoms with Crippen LogP contribution in [0.1, 0.15) is 52.5 Å². The Kier molecular flexibility index (Phi) is 10.6. The zero-order chi connectivity index (χ0) is 21.0. The van der Waals surface area contributed by atoms with Gasteiger partial charge in [-0.05, 0) is 51.6 Å². The molecule has 0 aliphatic rings. The predicted octanol–water partition coefficient (Wildman–Crippen LogP) is 3.40. The molecular formula is C22H35N3O3. The van der Waals surface area contributed by atoms with Gasteiger partial charge in [-0.25, -0.2) is 4.79 Å². The normalized spacial score (nSPS) is 14.6. The molecule has 0 aliphatic carbocycles. The van der Waals surface area contributed by atoms with Gasteiger partial charge in [-0.3, -0.25) is 0 Å². The Balaban J connectivity index is 2.66. The summed E-state index contributed by atoms with van der Waals surface area (Å²) in [6.07, 6.45) is 1.58. The first-order valence-corrected chi connectivity index (χ1v) is 10.0. The minimum Gasteiger partial charge on any atom is -0.444 e. The SMILES string of the molecule is CCC(CCC#N)CNCC(O)C(Cc1ccccc1)NC(=O)OC(C)(C)C. The summed E-state index contributed by atoms with van der Waals surface area (Å²) in [5.74, 6) is 0.401. The zero-order valence-corrected chi connectivity index (χ0v) is 17.6. The van der Waals surface area contributed by atoms with Crippen molar-refractivity contribution < 1.29 is 14.6 Å². The summed E-state index contributed by atoms with van der Waals surface area (Å²) in [6, 6.07) is 11.5. The van der Waals surface area contributed by atoms with Crippen molar-refractivity contribution in [3.8, 4) is 6.07 Å². The zero-order valence-electron chi connectivity index (χ0n) is 17.6. The van der Waals surface area contributed by atoms with Crippen molar-refractivity contribution in [2.24, 2.45) is 5.92 Å². The lowest BCUT2D eigenvalue weighted by Gasteiger charge is -2.27. The van der Waals surface area contributed by atoms with E-state index in [1.54, 1.807) is 0 Å². The van der Waals surface area contributed by atoms with Gasteiger partial charge in [0, 0.05) is 13.0 Å². The summed E-state index contributed by atoms with van der Waals surface area (Å²) in [5.41, 5.74) is 0.433. The summed E-state index contributed by atoms with van der Waals surface area (Å²) >= 11 is 0. The van der Waals surface area contributed by atoms with Gasteiger partial charge in [0.05, 0.1) is 18.2 Å². The highest BCUT2D eigenvalue weighted by Crippen LogP contribution is 2.11. The first-order chi connectivity index (χ1) is 13.2. The van der Waals surface area contributed by atoms with Crippen LogP contribution < -0.4 is 10.6 Å². The molecular weight excluding hydrogens is 354 g/mol.